The van der Waals surface area contributed by atoms with Gasteiger partial charge in [0.2, 0.25) is 6.79 Å². The van der Waals surface area contributed by atoms with Crippen LogP contribution in [0.1, 0.15) is 44.2 Å². The average Bonchev–Trinajstić information content (AvgIpc) is 3.24. The Morgan fingerprint density at radius 1 is 1.14 bits per heavy atom. The topological polar surface area (TPSA) is 73.9 Å². The average molecular weight is 538 g/mol. The molecule has 0 aromatic heterocycles. The molecular weight excluding hydrogens is 510 g/mol. The number of fused-ring (bicyclic) bond motifs is 2. The number of carbonyl (C=O) groups is 2. The van der Waals surface area contributed by atoms with Gasteiger partial charge in [0.25, 0.3) is 0 Å². The van der Waals surface area contributed by atoms with E-state index in [1.807, 2.05) is 63.2 Å². The molecule has 0 amide bonds. The van der Waals surface area contributed by atoms with Crippen LogP contribution in [0.3, 0.4) is 0 Å². The van der Waals surface area contributed by atoms with Gasteiger partial charge >= 0.3 is 5.97 Å². The molecule has 0 saturated carbocycles. The molecule has 2 aromatic rings. The van der Waals surface area contributed by atoms with Gasteiger partial charge < -0.3 is 19.5 Å². The molecule has 182 valence electrons. The van der Waals surface area contributed by atoms with Crippen molar-refractivity contribution in [3.05, 3.63) is 81.1 Å². The van der Waals surface area contributed by atoms with Crippen LogP contribution in [0.2, 0.25) is 0 Å². The van der Waals surface area contributed by atoms with Gasteiger partial charge in [-0.1, -0.05) is 66.2 Å². The monoisotopic (exact) mass is 537 g/mol. The van der Waals surface area contributed by atoms with Gasteiger partial charge in [-0.05, 0) is 35.6 Å². The zero-order chi connectivity index (χ0) is 24.7. The lowest BCUT2D eigenvalue weighted by Gasteiger charge is -2.41. The lowest BCUT2D eigenvalue weighted by molar-refractivity contribution is -0.139. The highest BCUT2D eigenvalue weighted by atomic mass is 79.9. The van der Waals surface area contributed by atoms with Crippen LogP contribution in [-0.2, 0) is 20.7 Å². The highest BCUT2D eigenvalue weighted by molar-refractivity contribution is 9.10. The molecule has 2 aliphatic heterocycles. The standard InChI is InChI=1S/C28H28BrNO5/c1-16-24(27(32)33-10-9-17-7-5-4-6-8-17)25(18-11-22-23(12-19(18)29)35-15-34-22)26-20(30-16)13-28(2,3)14-21(26)31/h4-8,11-13,25-26,30H,9-10,14-15H2,1-3H3. The third kappa shape index (κ3) is 4.61. The van der Waals surface area contributed by atoms with E-state index in [-0.39, 0.29) is 24.6 Å². The van der Waals surface area contributed by atoms with Crippen molar-refractivity contribution in [1.82, 2.24) is 5.32 Å². The van der Waals surface area contributed by atoms with E-state index >= 15 is 0 Å². The van der Waals surface area contributed by atoms with Crippen LogP contribution in [0.25, 0.3) is 0 Å². The smallest absolute Gasteiger partial charge is 0.336 e. The van der Waals surface area contributed by atoms with Gasteiger partial charge in [-0.3, -0.25) is 4.79 Å². The number of hydrogen-bond acceptors (Lipinski definition) is 6. The van der Waals surface area contributed by atoms with Crippen LogP contribution in [0.5, 0.6) is 11.5 Å². The number of ketones is 1. The van der Waals surface area contributed by atoms with Gasteiger partial charge in [0.1, 0.15) is 5.78 Å². The summed E-state index contributed by atoms with van der Waals surface area (Å²) in [4.78, 5) is 27.0. The minimum Gasteiger partial charge on any atom is -0.462 e. The van der Waals surface area contributed by atoms with Crippen molar-refractivity contribution in [2.24, 2.45) is 11.3 Å². The summed E-state index contributed by atoms with van der Waals surface area (Å²) in [6.45, 7) is 6.36. The number of rotatable bonds is 5. The van der Waals surface area contributed by atoms with E-state index in [4.69, 9.17) is 14.2 Å². The summed E-state index contributed by atoms with van der Waals surface area (Å²) in [5.41, 5.74) is 3.62. The number of halogens is 1. The van der Waals surface area contributed by atoms with E-state index in [0.717, 1.165) is 21.3 Å². The SMILES string of the molecule is CC1=C(C(=O)OCCc2ccccc2)C(c2cc3c(cc2Br)OCO3)C2C(=O)CC(C)(C)C=C2N1. The Hall–Kier alpha value is -3.06. The predicted molar refractivity (Wildman–Crippen MR) is 135 cm³/mol. The second-order valence-electron chi connectivity index (χ2n) is 9.95. The van der Waals surface area contributed by atoms with E-state index < -0.39 is 17.8 Å². The van der Waals surface area contributed by atoms with E-state index in [1.54, 1.807) is 0 Å². The van der Waals surface area contributed by atoms with Gasteiger partial charge in [-0.15, -0.1) is 0 Å². The molecule has 2 aromatic carbocycles. The first-order valence-corrected chi connectivity index (χ1v) is 12.6. The number of Topliss-reactive ketones (excluding diaryl/α,β-unsaturated/α-hetero) is 1. The van der Waals surface area contributed by atoms with E-state index in [2.05, 4.69) is 27.3 Å². The molecule has 0 fully saturated rings. The van der Waals surface area contributed by atoms with Gasteiger partial charge in [0.05, 0.1) is 18.1 Å². The Morgan fingerprint density at radius 3 is 2.60 bits per heavy atom. The van der Waals surface area contributed by atoms with Gasteiger partial charge in [-0.2, -0.15) is 0 Å². The molecule has 0 spiro atoms. The quantitative estimate of drug-likeness (QED) is 0.513. The maximum absolute atomic E-state index is 13.5. The number of esters is 1. The number of nitrogens with one attached hydrogen (secondary N) is 1. The molecule has 2 unspecified atom stereocenters. The molecule has 0 bridgehead atoms. The molecule has 2 heterocycles. The van der Waals surface area contributed by atoms with Crippen molar-refractivity contribution < 1.29 is 23.8 Å². The summed E-state index contributed by atoms with van der Waals surface area (Å²) in [7, 11) is 0. The zero-order valence-electron chi connectivity index (χ0n) is 20.0. The fraction of sp³-hybridized carbons (Fsp3) is 0.357. The predicted octanol–water partition coefficient (Wildman–Crippen LogP) is 5.42. The summed E-state index contributed by atoms with van der Waals surface area (Å²) in [5, 5.41) is 3.36. The third-order valence-electron chi connectivity index (χ3n) is 6.75. The van der Waals surface area contributed by atoms with Crippen molar-refractivity contribution in [3.8, 4) is 11.5 Å². The summed E-state index contributed by atoms with van der Waals surface area (Å²) in [6, 6.07) is 13.6. The molecular formula is C28H28BrNO5. The van der Waals surface area contributed by atoms with E-state index in [0.29, 0.717) is 35.6 Å². The molecule has 2 atom stereocenters. The summed E-state index contributed by atoms with van der Waals surface area (Å²) < 4.78 is 17.7. The minimum absolute atomic E-state index is 0.0941. The first kappa shape index (κ1) is 23.7. The van der Waals surface area contributed by atoms with Crippen LogP contribution in [-0.4, -0.2) is 25.2 Å². The van der Waals surface area contributed by atoms with Crippen LogP contribution in [0, 0.1) is 11.3 Å². The van der Waals surface area contributed by atoms with Crippen LogP contribution >= 0.6 is 15.9 Å². The molecule has 0 radical (unpaired) electrons. The lowest BCUT2D eigenvalue weighted by Crippen LogP contribution is -2.43. The van der Waals surface area contributed by atoms with Crippen LogP contribution in [0.4, 0.5) is 0 Å². The molecule has 1 N–H and O–H groups in total. The molecule has 1 aliphatic carbocycles. The Bertz CT molecular complexity index is 1250. The van der Waals surface area contributed by atoms with Crippen LogP contribution < -0.4 is 14.8 Å². The number of allylic oxidation sites excluding steroid dienone is 3. The van der Waals surface area contributed by atoms with Gasteiger partial charge in [-0.25, -0.2) is 4.79 Å². The number of ether oxygens (including phenoxy) is 3. The highest BCUT2D eigenvalue weighted by Crippen LogP contribution is 2.50. The fourth-order valence-electron chi connectivity index (χ4n) is 5.23. The van der Waals surface area contributed by atoms with Crippen molar-refractivity contribution >= 4 is 27.7 Å². The largest absolute Gasteiger partial charge is 0.462 e. The van der Waals surface area contributed by atoms with Crippen molar-refractivity contribution in [2.75, 3.05) is 13.4 Å². The fourth-order valence-corrected chi connectivity index (χ4v) is 5.80. The molecule has 35 heavy (non-hydrogen) atoms. The van der Waals surface area contributed by atoms with Crippen LogP contribution in [0.15, 0.2) is 70.0 Å². The lowest BCUT2D eigenvalue weighted by atomic mass is 9.66. The van der Waals surface area contributed by atoms with Crippen molar-refractivity contribution in [3.63, 3.8) is 0 Å². The second kappa shape index (κ2) is 9.19. The summed E-state index contributed by atoms with van der Waals surface area (Å²) in [5.74, 6) is -0.118. The Morgan fingerprint density at radius 2 is 1.86 bits per heavy atom. The summed E-state index contributed by atoms with van der Waals surface area (Å²) >= 11 is 3.66. The highest BCUT2D eigenvalue weighted by Gasteiger charge is 2.47. The van der Waals surface area contributed by atoms with E-state index in [9.17, 15) is 9.59 Å². The Labute approximate surface area is 213 Å². The van der Waals surface area contributed by atoms with Crippen molar-refractivity contribution in [1.29, 1.82) is 0 Å². The van der Waals surface area contributed by atoms with E-state index in [1.165, 1.54) is 0 Å². The van der Waals surface area contributed by atoms with Crippen molar-refractivity contribution in [2.45, 2.75) is 39.5 Å². The normalized spacial score (nSPS) is 22.3. The zero-order valence-corrected chi connectivity index (χ0v) is 21.6. The minimum atomic E-state index is -0.515. The first-order chi connectivity index (χ1) is 16.7. The Balaban J connectivity index is 1.53. The molecule has 6 nitrogen and oxygen atoms in total. The number of benzene rings is 2. The maximum Gasteiger partial charge on any atom is 0.336 e. The summed E-state index contributed by atoms with van der Waals surface area (Å²) in [6.07, 6.45) is 3.14. The first-order valence-electron chi connectivity index (χ1n) is 11.8. The molecule has 5 rings (SSSR count). The number of carbonyl (C=O) groups excluding carboxylic acids is 2. The Kier molecular flexibility index (Phi) is 6.21. The molecule has 7 heteroatoms. The molecule has 3 aliphatic rings. The maximum atomic E-state index is 13.5. The van der Waals surface area contributed by atoms with Gasteiger partial charge in [0.15, 0.2) is 11.5 Å². The third-order valence-corrected chi connectivity index (χ3v) is 7.44. The second-order valence-corrected chi connectivity index (χ2v) is 10.8. The molecule has 0 saturated heterocycles. The van der Waals surface area contributed by atoms with Gasteiger partial charge in [0, 0.05) is 34.6 Å². The number of hydrogen-bond donors (Lipinski definition) is 1.